The van der Waals surface area contributed by atoms with Crippen LogP contribution in [0.15, 0.2) is 36.4 Å². The Bertz CT molecular complexity index is 669. The minimum atomic E-state index is -0.455. The van der Waals surface area contributed by atoms with Gasteiger partial charge in [-0.1, -0.05) is 24.1 Å². The Labute approximate surface area is 112 Å². The van der Waals surface area contributed by atoms with Gasteiger partial charge in [0.2, 0.25) is 0 Å². The first-order chi connectivity index (χ1) is 9.15. The number of nitrogens with zero attached hydrogens (tertiary/aromatic N) is 1. The quantitative estimate of drug-likeness (QED) is 0.608. The van der Waals surface area contributed by atoms with Crippen molar-refractivity contribution in [1.82, 2.24) is 4.98 Å². The van der Waals surface area contributed by atoms with Gasteiger partial charge in [0.1, 0.15) is 5.69 Å². The molecule has 0 atom stereocenters. The van der Waals surface area contributed by atoms with E-state index in [0.717, 1.165) is 22.4 Å². The normalized spacial score (nSPS) is 9.74. The van der Waals surface area contributed by atoms with Crippen molar-refractivity contribution in [2.45, 2.75) is 6.92 Å². The van der Waals surface area contributed by atoms with Gasteiger partial charge < -0.3 is 4.74 Å². The molecular weight excluding hydrogens is 238 g/mol. The van der Waals surface area contributed by atoms with Gasteiger partial charge in [0.05, 0.1) is 7.11 Å². The van der Waals surface area contributed by atoms with Crippen molar-refractivity contribution in [3.05, 3.63) is 53.3 Å². The molecule has 0 saturated heterocycles. The largest absolute Gasteiger partial charge is 0.464 e. The van der Waals surface area contributed by atoms with Crippen molar-refractivity contribution in [3.63, 3.8) is 0 Å². The minimum absolute atomic E-state index is 0.282. The number of carbonyl (C=O) groups excluding carboxylic acids is 1. The van der Waals surface area contributed by atoms with Crippen LogP contribution in [-0.4, -0.2) is 18.1 Å². The second kappa shape index (κ2) is 5.36. The van der Waals surface area contributed by atoms with Gasteiger partial charge in [-0.3, -0.25) is 0 Å². The van der Waals surface area contributed by atoms with Crippen LogP contribution in [0.1, 0.15) is 21.7 Å². The van der Waals surface area contributed by atoms with Gasteiger partial charge in [-0.05, 0) is 36.2 Å². The summed E-state index contributed by atoms with van der Waals surface area (Å²) < 4.78 is 4.70. The Morgan fingerprint density at radius 3 is 2.74 bits per heavy atom. The average Bonchev–Trinajstić information content (AvgIpc) is 2.45. The molecule has 2 rings (SSSR count). The number of esters is 1. The van der Waals surface area contributed by atoms with Crippen molar-refractivity contribution < 1.29 is 9.53 Å². The summed E-state index contributed by atoms with van der Waals surface area (Å²) in [5.74, 6) is 2.18. The molecule has 0 radical (unpaired) electrons. The maximum Gasteiger partial charge on any atom is 0.356 e. The number of aromatic nitrogens is 1. The molecule has 0 N–H and O–H groups in total. The van der Waals surface area contributed by atoms with E-state index >= 15 is 0 Å². The SMILES string of the molecule is C#Cc1ccccc1-c1cc(C)nc(C(=O)OC)c1. The van der Waals surface area contributed by atoms with Crippen LogP contribution < -0.4 is 0 Å². The summed E-state index contributed by atoms with van der Waals surface area (Å²) in [6.07, 6.45) is 5.49. The van der Waals surface area contributed by atoms with Crippen LogP contribution in [0.3, 0.4) is 0 Å². The van der Waals surface area contributed by atoms with E-state index in [2.05, 4.69) is 10.9 Å². The van der Waals surface area contributed by atoms with E-state index in [1.165, 1.54) is 7.11 Å². The number of methoxy groups -OCH3 is 1. The Balaban J connectivity index is 2.60. The average molecular weight is 251 g/mol. The summed E-state index contributed by atoms with van der Waals surface area (Å²) in [6, 6.07) is 11.2. The third-order valence-corrected chi connectivity index (χ3v) is 2.74. The molecule has 0 amide bonds. The van der Waals surface area contributed by atoms with E-state index in [-0.39, 0.29) is 5.69 Å². The van der Waals surface area contributed by atoms with E-state index in [0.29, 0.717) is 0 Å². The molecule has 94 valence electrons. The minimum Gasteiger partial charge on any atom is -0.464 e. The van der Waals surface area contributed by atoms with Crippen molar-refractivity contribution in [1.29, 1.82) is 0 Å². The lowest BCUT2D eigenvalue weighted by atomic mass is 9.99. The topological polar surface area (TPSA) is 39.2 Å². The summed E-state index contributed by atoms with van der Waals surface area (Å²) >= 11 is 0. The Hall–Kier alpha value is -2.60. The fraction of sp³-hybridized carbons (Fsp3) is 0.125. The van der Waals surface area contributed by atoms with Crippen molar-refractivity contribution in [2.24, 2.45) is 0 Å². The van der Waals surface area contributed by atoms with E-state index in [9.17, 15) is 4.79 Å². The van der Waals surface area contributed by atoms with Gasteiger partial charge in [0.15, 0.2) is 0 Å². The first kappa shape index (κ1) is 12.8. The highest BCUT2D eigenvalue weighted by Gasteiger charge is 2.11. The highest BCUT2D eigenvalue weighted by molar-refractivity contribution is 5.89. The highest BCUT2D eigenvalue weighted by atomic mass is 16.5. The first-order valence-corrected chi connectivity index (χ1v) is 5.78. The lowest BCUT2D eigenvalue weighted by Gasteiger charge is -2.08. The molecule has 0 aliphatic rings. The summed E-state index contributed by atoms with van der Waals surface area (Å²) in [6.45, 7) is 1.83. The fourth-order valence-electron chi connectivity index (χ4n) is 1.89. The Kier molecular flexibility index (Phi) is 3.63. The summed E-state index contributed by atoms with van der Waals surface area (Å²) in [7, 11) is 1.33. The maximum absolute atomic E-state index is 11.6. The summed E-state index contributed by atoms with van der Waals surface area (Å²) in [5, 5.41) is 0. The van der Waals surface area contributed by atoms with Gasteiger partial charge >= 0.3 is 5.97 Å². The van der Waals surface area contributed by atoms with E-state index in [1.807, 2.05) is 37.3 Å². The molecule has 0 aliphatic carbocycles. The van der Waals surface area contributed by atoms with Crippen molar-refractivity contribution in [2.75, 3.05) is 7.11 Å². The van der Waals surface area contributed by atoms with Crippen molar-refractivity contribution in [3.8, 4) is 23.5 Å². The Morgan fingerprint density at radius 2 is 2.05 bits per heavy atom. The van der Waals surface area contributed by atoms with Crippen LogP contribution in [0, 0.1) is 19.3 Å². The molecule has 3 nitrogen and oxygen atoms in total. The zero-order chi connectivity index (χ0) is 13.8. The van der Waals surface area contributed by atoms with Gasteiger partial charge in [0, 0.05) is 11.3 Å². The third kappa shape index (κ3) is 2.63. The molecule has 2 aromatic rings. The molecule has 19 heavy (non-hydrogen) atoms. The van der Waals surface area contributed by atoms with Gasteiger partial charge in [-0.15, -0.1) is 6.42 Å². The predicted octanol–water partition coefficient (Wildman–Crippen LogP) is 2.82. The number of carbonyl (C=O) groups is 1. The fourth-order valence-corrected chi connectivity index (χ4v) is 1.89. The van der Waals surface area contributed by atoms with Crippen LogP contribution in [0.25, 0.3) is 11.1 Å². The number of hydrogen-bond donors (Lipinski definition) is 0. The Morgan fingerprint density at radius 1 is 1.32 bits per heavy atom. The first-order valence-electron chi connectivity index (χ1n) is 5.78. The zero-order valence-corrected chi connectivity index (χ0v) is 10.8. The molecule has 3 heteroatoms. The smallest absolute Gasteiger partial charge is 0.356 e. The van der Waals surface area contributed by atoms with Gasteiger partial charge in [-0.25, -0.2) is 9.78 Å². The van der Waals surface area contributed by atoms with Gasteiger partial charge in [0.25, 0.3) is 0 Å². The van der Waals surface area contributed by atoms with E-state index < -0.39 is 5.97 Å². The number of pyridine rings is 1. The summed E-state index contributed by atoms with van der Waals surface area (Å²) in [5.41, 5.74) is 3.57. The summed E-state index contributed by atoms with van der Waals surface area (Å²) in [4.78, 5) is 15.7. The second-order valence-corrected chi connectivity index (χ2v) is 4.06. The van der Waals surface area contributed by atoms with Crippen LogP contribution in [-0.2, 0) is 4.74 Å². The van der Waals surface area contributed by atoms with E-state index in [1.54, 1.807) is 6.07 Å². The van der Waals surface area contributed by atoms with Crippen LogP contribution >= 0.6 is 0 Å². The van der Waals surface area contributed by atoms with Crippen LogP contribution in [0.2, 0.25) is 0 Å². The molecule has 0 unspecified atom stereocenters. The second-order valence-electron chi connectivity index (χ2n) is 4.06. The number of hydrogen-bond acceptors (Lipinski definition) is 3. The number of aryl methyl sites for hydroxylation is 1. The standard InChI is InChI=1S/C16H13NO2/c1-4-12-7-5-6-8-14(12)13-9-11(2)17-15(10-13)16(18)19-3/h1,5-10H,2-3H3. The maximum atomic E-state index is 11.6. The van der Waals surface area contributed by atoms with Crippen LogP contribution in [0.4, 0.5) is 0 Å². The predicted molar refractivity (Wildman–Crippen MR) is 73.7 cm³/mol. The molecule has 0 aliphatic heterocycles. The molecule has 0 bridgehead atoms. The molecule has 1 heterocycles. The monoisotopic (exact) mass is 251 g/mol. The zero-order valence-electron chi connectivity index (χ0n) is 10.8. The lowest BCUT2D eigenvalue weighted by Crippen LogP contribution is -2.05. The number of rotatable bonds is 2. The van der Waals surface area contributed by atoms with Gasteiger partial charge in [-0.2, -0.15) is 0 Å². The van der Waals surface area contributed by atoms with Crippen molar-refractivity contribution >= 4 is 5.97 Å². The molecular formula is C16H13NO2. The number of terminal acetylenes is 1. The molecule has 1 aromatic carbocycles. The van der Waals surface area contributed by atoms with E-state index in [4.69, 9.17) is 11.2 Å². The van der Waals surface area contributed by atoms with Crippen LogP contribution in [0.5, 0.6) is 0 Å². The molecule has 0 fully saturated rings. The number of ether oxygens (including phenoxy) is 1. The molecule has 0 saturated carbocycles. The number of benzene rings is 1. The molecule has 1 aromatic heterocycles. The highest BCUT2D eigenvalue weighted by Crippen LogP contribution is 2.24. The molecule has 0 spiro atoms. The third-order valence-electron chi connectivity index (χ3n) is 2.74. The lowest BCUT2D eigenvalue weighted by molar-refractivity contribution is 0.0594.